The number of carboxylic acids is 1. The second-order valence-electron chi connectivity index (χ2n) is 6.34. The molecule has 0 saturated heterocycles. The average molecular weight is 323 g/mol. The Balaban J connectivity index is 2.68. The SMILES string of the molecule is CCN(CCC(=O)O)C(=O)CCc1c(C)nn(CC(C)C)c1C. The maximum atomic E-state index is 12.3. The van der Waals surface area contributed by atoms with Crippen LogP contribution in [0.5, 0.6) is 0 Å². The molecule has 0 saturated carbocycles. The lowest BCUT2D eigenvalue weighted by Gasteiger charge is -2.20. The molecule has 1 amide bonds. The molecule has 130 valence electrons. The van der Waals surface area contributed by atoms with Gasteiger partial charge in [-0.25, -0.2) is 0 Å². The summed E-state index contributed by atoms with van der Waals surface area (Å²) in [6.07, 6.45) is 1.03. The van der Waals surface area contributed by atoms with E-state index in [-0.39, 0.29) is 18.9 Å². The highest BCUT2D eigenvalue weighted by Gasteiger charge is 2.17. The summed E-state index contributed by atoms with van der Waals surface area (Å²) in [5.74, 6) is -0.351. The van der Waals surface area contributed by atoms with Crippen LogP contribution in [0, 0.1) is 19.8 Å². The molecule has 0 aliphatic carbocycles. The Morgan fingerprint density at radius 2 is 1.91 bits per heavy atom. The van der Waals surface area contributed by atoms with E-state index in [4.69, 9.17) is 5.11 Å². The quantitative estimate of drug-likeness (QED) is 0.757. The molecule has 6 heteroatoms. The summed E-state index contributed by atoms with van der Waals surface area (Å²) in [5, 5.41) is 13.3. The van der Waals surface area contributed by atoms with E-state index in [1.54, 1.807) is 4.90 Å². The van der Waals surface area contributed by atoms with E-state index in [2.05, 4.69) is 18.9 Å². The molecule has 0 spiro atoms. The summed E-state index contributed by atoms with van der Waals surface area (Å²) in [7, 11) is 0. The molecule has 0 aliphatic rings. The van der Waals surface area contributed by atoms with Crippen molar-refractivity contribution in [2.45, 2.75) is 60.4 Å². The lowest BCUT2D eigenvalue weighted by molar-refractivity contribution is -0.138. The third-order valence-electron chi connectivity index (χ3n) is 3.99. The standard InChI is InChI=1S/C17H29N3O3/c1-6-19(10-9-17(22)23)16(21)8-7-15-13(4)18-20(14(15)5)11-12(2)3/h12H,6-11H2,1-5H3,(H,22,23). The van der Waals surface area contributed by atoms with Crippen LogP contribution in [0.2, 0.25) is 0 Å². The first-order valence-electron chi connectivity index (χ1n) is 8.28. The summed E-state index contributed by atoms with van der Waals surface area (Å²) in [4.78, 5) is 24.5. The summed E-state index contributed by atoms with van der Waals surface area (Å²) in [5.41, 5.74) is 3.23. The first-order chi connectivity index (χ1) is 10.8. The zero-order valence-corrected chi connectivity index (χ0v) is 14.9. The molecule has 23 heavy (non-hydrogen) atoms. The Hall–Kier alpha value is -1.85. The van der Waals surface area contributed by atoms with Gasteiger partial charge in [-0.3, -0.25) is 14.3 Å². The van der Waals surface area contributed by atoms with E-state index >= 15 is 0 Å². The number of nitrogens with zero attached hydrogens (tertiary/aromatic N) is 3. The van der Waals surface area contributed by atoms with Crippen molar-refractivity contribution >= 4 is 11.9 Å². The largest absolute Gasteiger partial charge is 0.481 e. The number of aromatic nitrogens is 2. The van der Waals surface area contributed by atoms with Crippen molar-refractivity contribution in [3.8, 4) is 0 Å². The highest BCUT2D eigenvalue weighted by atomic mass is 16.4. The number of hydrogen-bond donors (Lipinski definition) is 1. The second kappa shape index (κ2) is 8.70. The van der Waals surface area contributed by atoms with Crippen LogP contribution in [-0.4, -0.2) is 44.8 Å². The Morgan fingerprint density at radius 3 is 2.43 bits per heavy atom. The van der Waals surface area contributed by atoms with Crippen molar-refractivity contribution < 1.29 is 14.7 Å². The predicted molar refractivity (Wildman–Crippen MR) is 89.4 cm³/mol. The number of carboxylic acid groups (broad SMARTS) is 1. The van der Waals surface area contributed by atoms with Crippen molar-refractivity contribution in [2.75, 3.05) is 13.1 Å². The molecule has 1 heterocycles. The number of aliphatic carboxylic acids is 1. The number of hydrogen-bond acceptors (Lipinski definition) is 3. The smallest absolute Gasteiger partial charge is 0.305 e. The van der Waals surface area contributed by atoms with Crippen LogP contribution in [0.25, 0.3) is 0 Å². The summed E-state index contributed by atoms with van der Waals surface area (Å²) in [6.45, 7) is 11.9. The van der Waals surface area contributed by atoms with Crippen LogP contribution in [-0.2, 0) is 22.6 Å². The van der Waals surface area contributed by atoms with E-state index < -0.39 is 5.97 Å². The second-order valence-corrected chi connectivity index (χ2v) is 6.34. The van der Waals surface area contributed by atoms with Gasteiger partial charge in [-0.2, -0.15) is 5.10 Å². The normalized spacial score (nSPS) is 11.0. The molecule has 0 aliphatic heterocycles. The highest BCUT2D eigenvalue weighted by Crippen LogP contribution is 2.17. The van der Waals surface area contributed by atoms with Crippen LogP contribution in [0.15, 0.2) is 0 Å². The van der Waals surface area contributed by atoms with Crippen LogP contribution >= 0.6 is 0 Å². The minimum absolute atomic E-state index is 0.00385. The molecule has 6 nitrogen and oxygen atoms in total. The van der Waals surface area contributed by atoms with Gasteiger partial charge in [-0.15, -0.1) is 0 Å². The summed E-state index contributed by atoms with van der Waals surface area (Å²) in [6, 6.07) is 0. The van der Waals surface area contributed by atoms with Gasteiger partial charge in [-0.05, 0) is 38.7 Å². The summed E-state index contributed by atoms with van der Waals surface area (Å²) >= 11 is 0. The van der Waals surface area contributed by atoms with Crippen LogP contribution in [0.3, 0.4) is 0 Å². The molecule has 0 unspecified atom stereocenters. The van der Waals surface area contributed by atoms with Gasteiger partial charge in [0.1, 0.15) is 0 Å². The molecule has 0 radical (unpaired) electrons. The maximum Gasteiger partial charge on any atom is 0.305 e. The molecule has 1 N–H and O–H groups in total. The topological polar surface area (TPSA) is 75.4 Å². The zero-order valence-electron chi connectivity index (χ0n) is 14.9. The van der Waals surface area contributed by atoms with E-state index in [1.165, 1.54) is 0 Å². The van der Waals surface area contributed by atoms with Gasteiger partial charge in [0.2, 0.25) is 5.91 Å². The molecule has 0 atom stereocenters. The lowest BCUT2D eigenvalue weighted by atomic mass is 10.1. The number of carbonyl (C=O) groups is 2. The van der Waals surface area contributed by atoms with E-state index in [1.807, 2.05) is 25.5 Å². The molecule has 0 bridgehead atoms. The van der Waals surface area contributed by atoms with E-state index in [0.717, 1.165) is 23.5 Å². The fourth-order valence-corrected chi connectivity index (χ4v) is 2.70. The van der Waals surface area contributed by atoms with E-state index in [0.29, 0.717) is 25.3 Å². The minimum Gasteiger partial charge on any atom is -0.481 e. The molecular weight excluding hydrogens is 294 g/mol. The molecule has 1 rings (SSSR count). The predicted octanol–water partition coefficient (Wildman–Crippen LogP) is 2.41. The van der Waals surface area contributed by atoms with Gasteiger partial charge in [0.05, 0.1) is 12.1 Å². The third kappa shape index (κ3) is 5.69. The van der Waals surface area contributed by atoms with Crippen LogP contribution < -0.4 is 0 Å². The van der Waals surface area contributed by atoms with Gasteiger partial charge < -0.3 is 10.0 Å². The van der Waals surface area contributed by atoms with Gasteiger partial charge >= 0.3 is 5.97 Å². The molecule has 1 aromatic heterocycles. The molecule has 1 aromatic rings. The monoisotopic (exact) mass is 323 g/mol. The van der Waals surface area contributed by atoms with Gasteiger partial charge in [0.25, 0.3) is 0 Å². The van der Waals surface area contributed by atoms with Crippen molar-refractivity contribution in [1.82, 2.24) is 14.7 Å². The van der Waals surface area contributed by atoms with Crippen molar-refractivity contribution in [2.24, 2.45) is 5.92 Å². The molecule has 0 aromatic carbocycles. The maximum absolute atomic E-state index is 12.3. The Bertz CT molecular complexity index is 550. The number of amides is 1. The van der Waals surface area contributed by atoms with Crippen molar-refractivity contribution in [3.05, 3.63) is 17.0 Å². The number of aryl methyl sites for hydroxylation is 1. The van der Waals surface area contributed by atoms with Gasteiger partial charge in [-0.1, -0.05) is 13.8 Å². The van der Waals surface area contributed by atoms with Crippen molar-refractivity contribution in [3.63, 3.8) is 0 Å². The van der Waals surface area contributed by atoms with Crippen LogP contribution in [0.1, 0.15) is 50.6 Å². The van der Waals surface area contributed by atoms with E-state index in [9.17, 15) is 9.59 Å². The van der Waals surface area contributed by atoms with Crippen molar-refractivity contribution in [1.29, 1.82) is 0 Å². The first-order valence-corrected chi connectivity index (χ1v) is 8.28. The minimum atomic E-state index is -0.877. The summed E-state index contributed by atoms with van der Waals surface area (Å²) < 4.78 is 2.02. The third-order valence-corrected chi connectivity index (χ3v) is 3.99. The Morgan fingerprint density at radius 1 is 1.26 bits per heavy atom. The zero-order chi connectivity index (χ0) is 17.6. The fourth-order valence-electron chi connectivity index (χ4n) is 2.70. The molecular formula is C17H29N3O3. The first kappa shape index (κ1) is 19.2. The van der Waals surface area contributed by atoms with Crippen LogP contribution in [0.4, 0.5) is 0 Å². The fraction of sp³-hybridized carbons (Fsp3) is 0.706. The highest BCUT2D eigenvalue weighted by molar-refractivity contribution is 5.77. The number of rotatable bonds is 9. The lowest BCUT2D eigenvalue weighted by Crippen LogP contribution is -2.33. The average Bonchev–Trinajstić information content (AvgIpc) is 2.71. The number of carbonyl (C=O) groups excluding carboxylic acids is 1. The Kier molecular flexibility index (Phi) is 7.26. The Labute approximate surface area is 138 Å². The van der Waals surface area contributed by atoms with Gasteiger partial charge in [0.15, 0.2) is 0 Å². The molecule has 0 fully saturated rings. The van der Waals surface area contributed by atoms with Gasteiger partial charge in [0, 0.05) is 31.7 Å².